The highest BCUT2D eigenvalue weighted by atomic mass is 16.5. The number of esters is 1. The lowest BCUT2D eigenvalue weighted by atomic mass is 9.91. The topological polar surface area (TPSA) is 58.6 Å². The standard InChI is InChI=1S/C17H25NO3/c1-3-4-11-21-16(20)13(2)18-17(12-19)10-9-14-7-5-6-8-15(14)17/h5-8,13,18-19H,3-4,9-12H2,1-2H3. The Morgan fingerprint density at radius 2 is 2.24 bits per heavy atom. The van der Waals surface area contributed by atoms with Crippen LogP contribution in [0.4, 0.5) is 0 Å². The van der Waals surface area contributed by atoms with Crippen molar-refractivity contribution in [2.45, 2.75) is 51.1 Å². The largest absolute Gasteiger partial charge is 0.465 e. The third kappa shape index (κ3) is 3.44. The van der Waals surface area contributed by atoms with Gasteiger partial charge in [-0.25, -0.2) is 0 Å². The van der Waals surface area contributed by atoms with Crippen LogP contribution in [-0.2, 0) is 21.5 Å². The molecule has 4 nitrogen and oxygen atoms in total. The van der Waals surface area contributed by atoms with Crippen LogP contribution in [0.3, 0.4) is 0 Å². The molecule has 116 valence electrons. The van der Waals surface area contributed by atoms with Gasteiger partial charge in [-0.2, -0.15) is 0 Å². The van der Waals surface area contributed by atoms with Gasteiger partial charge in [0.05, 0.1) is 18.8 Å². The van der Waals surface area contributed by atoms with Crippen LogP contribution < -0.4 is 5.32 Å². The number of aliphatic hydroxyl groups is 1. The van der Waals surface area contributed by atoms with Gasteiger partial charge in [-0.15, -0.1) is 0 Å². The van der Waals surface area contributed by atoms with E-state index in [9.17, 15) is 9.90 Å². The summed E-state index contributed by atoms with van der Waals surface area (Å²) in [6.07, 6.45) is 3.60. The molecule has 0 radical (unpaired) electrons. The Hall–Kier alpha value is -1.39. The first kappa shape index (κ1) is 16.0. The van der Waals surface area contributed by atoms with Crippen LogP contribution in [-0.4, -0.2) is 30.3 Å². The average molecular weight is 291 g/mol. The van der Waals surface area contributed by atoms with Gasteiger partial charge in [0.15, 0.2) is 0 Å². The van der Waals surface area contributed by atoms with Crippen LogP contribution >= 0.6 is 0 Å². The van der Waals surface area contributed by atoms with Gasteiger partial charge in [-0.3, -0.25) is 10.1 Å². The number of aryl methyl sites for hydroxylation is 1. The Morgan fingerprint density at radius 3 is 2.95 bits per heavy atom. The van der Waals surface area contributed by atoms with Crippen molar-refractivity contribution >= 4 is 5.97 Å². The van der Waals surface area contributed by atoms with E-state index in [4.69, 9.17) is 4.74 Å². The van der Waals surface area contributed by atoms with E-state index in [1.807, 2.05) is 18.2 Å². The quantitative estimate of drug-likeness (QED) is 0.597. The molecule has 1 aromatic carbocycles. The molecule has 2 unspecified atom stereocenters. The maximum Gasteiger partial charge on any atom is 0.322 e. The Bertz CT molecular complexity index is 489. The third-order valence-electron chi connectivity index (χ3n) is 4.21. The minimum absolute atomic E-state index is 0.0173. The summed E-state index contributed by atoms with van der Waals surface area (Å²) in [6.45, 7) is 4.30. The number of rotatable bonds is 7. The molecule has 1 aromatic rings. The second-order valence-corrected chi connectivity index (χ2v) is 5.78. The molecule has 0 amide bonds. The highest BCUT2D eigenvalue weighted by molar-refractivity contribution is 5.75. The van der Waals surface area contributed by atoms with Crippen molar-refractivity contribution in [2.75, 3.05) is 13.2 Å². The number of fused-ring (bicyclic) bond motifs is 1. The fourth-order valence-corrected chi connectivity index (χ4v) is 2.96. The predicted octanol–water partition coefficient (Wildman–Crippen LogP) is 2.14. The Labute approximate surface area is 126 Å². The number of carbonyl (C=O) groups excluding carboxylic acids is 1. The highest BCUT2D eigenvalue weighted by Crippen LogP contribution is 2.36. The maximum absolute atomic E-state index is 12.0. The molecule has 2 rings (SSSR count). The van der Waals surface area contributed by atoms with Crippen molar-refractivity contribution in [3.63, 3.8) is 0 Å². The summed E-state index contributed by atoms with van der Waals surface area (Å²) < 4.78 is 5.25. The summed E-state index contributed by atoms with van der Waals surface area (Å²) in [5.41, 5.74) is 1.81. The Kier molecular flexibility index (Phi) is 5.37. The molecular formula is C17H25NO3. The lowest BCUT2D eigenvalue weighted by Gasteiger charge is -2.32. The highest BCUT2D eigenvalue weighted by Gasteiger charge is 2.40. The molecular weight excluding hydrogens is 266 g/mol. The smallest absolute Gasteiger partial charge is 0.322 e. The SMILES string of the molecule is CCCCOC(=O)C(C)NC1(CO)CCc2ccccc21. The van der Waals surface area contributed by atoms with Crippen LogP contribution in [0.1, 0.15) is 44.2 Å². The predicted molar refractivity (Wildman–Crippen MR) is 82.0 cm³/mol. The minimum atomic E-state index is -0.528. The van der Waals surface area contributed by atoms with Gasteiger partial charge in [-0.1, -0.05) is 37.6 Å². The zero-order valence-corrected chi connectivity index (χ0v) is 12.9. The van der Waals surface area contributed by atoms with Gasteiger partial charge in [-0.05, 0) is 37.3 Å². The van der Waals surface area contributed by atoms with Crippen molar-refractivity contribution in [1.29, 1.82) is 0 Å². The lowest BCUT2D eigenvalue weighted by molar-refractivity contribution is -0.146. The fraction of sp³-hybridized carbons (Fsp3) is 0.588. The van der Waals surface area contributed by atoms with Gasteiger partial charge in [0, 0.05) is 0 Å². The van der Waals surface area contributed by atoms with Crippen molar-refractivity contribution in [3.05, 3.63) is 35.4 Å². The van der Waals surface area contributed by atoms with E-state index in [2.05, 4.69) is 18.3 Å². The van der Waals surface area contributed by atoms with Gasteiger partial charge in [0.1, 0.15) is 6.04 Å². The van der Waals surface area contributed by atoms with Crippen molar-refractivity contribution in [2.24, 2.45) is 0 Å². The Balaban J connectivity index is 2.04. The van der Waals surface area contributed by atoms with E-state index >= 15 is 0 Å². The second kappa shape index (κ2) is 7.05. The number of aliphatic hydroxyl groups excluding tert-OH is 1. The van der Waals surface area contributed by atoms with E-state index in [-0.39, 0.29) is 12.6 Å². The first-order valence-corrected chi connectivity index (χ1v) is 7.76. The van der Waals surface area contributed by atoms with Gasteiger partial charge in [0.25, 0.3) is 0 Å². The zero-order valence-electron chi connectivity index (χ0n) is 12.9. The molecule has 0 bridgehead atoms. The van der Waals surface area contributed by atoms with Crippen molar-refractivity contribution in [1.82, 2.24) is 5.32 Å². The number of hydrogen-bond acceptors (Lipinski definition) is 4. The molecule has 1 aliphatic rings. The lowest BCUT2D eigenvalue weighted by Crippen LogP contribution is -2.51. The molecule has 0 aliphatic heterocycles. The fourth-order valence-electron chi connectivity index (χ4n) is 2.96. The number of ether oxygens (including phenoxy) is 1. The molecule has 0 heterocycles. The monoisotopic (exact) mass is 291 g/mol. The normalized spacial score (nSPS) is 21.9. The molecule has 0 fully saturated rings. The molecule has 0 aromatic heterocycles. The molecule has 4 heteroatoms. The minimum Gasteiger partial charge on any atom is -0.465 e. The van der Waals surface area contributed by atoms with Gasteiger partial charge in [0.2, 0.25) is 0 Å². The van der Waals surface area contributed by atoms with E-state index in [1.54, 1.807) is 6.92 Å². The number of nitrogens with one attached hydrogen (secondary N) is 1. The molecule has 0 spiro atoms. The Morgan fingerprint density at radius 1 is 1.48 bits per heavy atom. The average Bonchev–Trinajstić information content (AvgIpc) is 2.87. The van der Waals surface area contributed by atoms with Gasteiger partial charge >= 0.3 is 5.97 Å². The molecule has 2 N–H and O–H groups in total. The second-order valence-electron chi connectivity index (χ2n) is 5.78. The summed E-state index contributed by atoms with van der Waals surface area (Å²) in [4.78, 5) is 12.0. The number of carbonyl (C=O) groups is 1. The molecule has 0 saturated heterocycles. The first-order chi connectivity index (χ1) is 10.1. The van der Waals surface area contributed by atoms with Crippen molar-refractivity contribution in [3.8, 4) is 0 Å². The number of benzene rings is 1. The maximum atomic E-state index is 12.0. The molecule has 0 saturated carbocycles. The van der Waals surface area contributed by atoms with E-state index in [0.29, 0.717) is 6.61 Å². The van der Waals surface area contributed by atoms with E-state index < -0.39 is 11.6 Å². The number of hydrogen-bond donors (Lipinski definition) is 2. The number of unbranched alkanes of at least 4 members (excludes halogenated alkanes) is 1. The molecule has 2 atom stereocenters. The van der Waals surface area contributed by atoms with Gasteiger partial charge < -0.3 is 9.84 Å². The summed E-state index contributed by atoms with van der Waals surface area (Å²) in [7, 11) is 0. The zero-order chi connectivity index (χ0) is 15.3. The summed E-state index contributed by atoms with van der Waals surface area (Å²) >= 11 is 0. The van der Waals surface area contributed by atoms with Crippen LogP contribution in [0.15, 0.2) is 24.3 Å². The van der Waals surface area contributed by atoms with E-state index in [0.717, 1.165) is 31.2 Å². The summed E-state index contributed by atoms with van der Waals surface area (Å²) in [6, 6.07) is 7.66. The van der Waals surface area contributed by atoms with Crippen molar-refractivity contribution < 1.29 is 14.6 Å². The molecule has 1 aliphatic carbocycles. The third-order valence-corrected chi connectivity index (χ3v) is 4.21. The van der Waals surface area contributed by atoms with Crippen LogP contribution in [0, 0.1) is 0 Å². The molecule has 21 heavy (non-hydrogen) atoms. The van der Waals surface area contributed by atoms with E-state index in [1.165, 1.54) is 5.56 Å². The van der Waals surface area contributed by atoms with Crippen LogP contribution in [0.25, 0.3) is 0 Å². The van der Waals surface area contributed by atoms with Crippen LogP contribution in [0.5, 0.6) is 0 Å². The first-order valence-electron chi connectivity index (χ1n) is 7.76. The van der Waals surface area contributed by atoms with Crippen LogP contribution in [0.2, 0.25) is 0 Å². The summed E-state index contributed by atoms with van der Waals surface area (Å²) in [5, 5.41) is 13.2. The summed E-state index contributed by atoms with van der Waals surface area (Å²) in [5.74, 6) is -0.249.